The molecule has 0 aromatic rings. The number of likely N-dealkylation sites (N-methyl/N-ethyl adjacent to an activating group) is 1. The molecule has 0 spiro atoms. The molecule has 1 rings (SSSR count). The van der Waals surface area contributed by atoms with Crippen LogP contribution in [0.2, 0.25) is 0 Å². The van der Waals surface area contributed by atoms with E-state index in [4.69, 9.17) is 0 Å². The molecule has 0 aromatic heterocycles. The molecule has 0 aliphatic carbocycles. The molecule has 0 amide bonds. The van der Waals surface area contributed by atoms with E-state index < -0.39 is 0 Å². The van der Waals surface area contributed by atoms with Crippen LogP contribution in [-0.2, 0) is 4.79 Å². The molecule has 1 saturated heterocycles. The molecule has 2 nitrogen and oxygen atoms in total. The van der Waals surface area contributed by atoms with Crippen molar-refractivity contribution in [2.24, 2.45) is 0 Å². The predicted octanol–water partition coefficient (Wildman–Crippen LogP) is 1.06. The molecule has 1 aliphatic rings. The minimum absolute atomic E-state index is 0.155. The van der Waals surface area contributed by atoms with Gasteiger partial charge in [0.05, 0.1) is 6.04 Å². The van der Waals surface area contributed by atoms with Crippen molar-refractivity contribution in [3.63, 3.8) is 0 Å². The average Bonchev–Trinajstić information content (AvgIpc) is 2.04. The van der Waals surface area contributed by atoms with Gasteiger partial charge in [0.2, 0.25) is 0 Å². The molecular weight excluding hydrogens is 126 g/mol. The van der Waals surface area contributed by atoms with Gasteiger partial charge >= 0.3 is 0 Å². The molecule has 2 heteroatoms. The zero-order chi connectivity index (χ0) is 7.56. The standard InChI is InChI=1S/C8H15NO/c1-7-8(10)5-3-4-6-9(7)2/h7H,3-6H2,1-2H3. The fraction of sp³-hybridized carbons (Fsp3) is 0.875. The summed E-state index contributed by atoms with van der Waals surface area (Å²) in [6.07, 6.45) is 3.03. The second-order valence-corrected chi connectivity index (χ2v) is 3.08. The van der Waals surface area contributed by atoms with Crippen molar-refractivity contribution < 1.29 is 4.79 Å². The highest BCUT2D eigenvalue weighted by Gasteiger charge is 2.19. The van der Waals surface area contributed by atoms with E-state index in [2.05, 4.69) is 4.90 Å². The van der Waals surface area contributed by atoms with Crippen LogP contribution in [0.5, 0.6) is 0 Å². The van der Waals surface area contributed by atoms with Crippen LogP contribution in [-0.4, -0.2) is 30.3 Å². The Hall–Kier alpha value is -0.370. The number of rotatable bonds is 0. The Bertz CT molecular complexity index is 133. The third-order valence-corrected chi connectivity index (χ3v) is 2.31. The normalized spacial score (nSPS) is 30.2. The molecule has 0 saturated carbocycles. The van der Waals surface area contributed by atoms with E-state index in [0.717, 1.165) is 19.4 Å². The maximum Gasteiger partial charge on any atom is 0.149 e. The SMILES string of the molecule is CC1C(=O)CCCCN1C. The number of carbonyl (C=O) groups excluding carboxylic acids is 1. The van der Waals surface area contributed by atoms with E-state index in [1.54, 1.807) is 0 Å². The molecular formula is C8H15NO. The van der Waals surface area contributed by atoms with Gasteiger partial charge < -0.3 is 0 Å². The van der Waals surface area contributed by atoms with Crippen LogP contribution in [0.4, 0.5) is 0 Å². The van der Waals surface area contributed by atoms with Crippen molar-refractivity contribution in [1.82, 2.24) is 4.90 Å². The van der Waals surface area contributed by atoms with Crippen LogP contribution in [0.3, 0.4) is 0 Å². The lowest BCUT2D eigenvalue weighted by Crippen LogP contribution is -2.34. The third kappa shape index (κ3) is 1.57. The lowest BCUT2D eigenvalue weighted by Gasteiger charge is -2.19. The van der Waals surface area contributed by atoms with E-state index in [1.165, 1.54) is 6.42 Å². The lowest BCUT2D eigenvalue weighted by atomic mass is 10.1. The minimum Gasteiger partial charge on any atom is -0.298 e. The van der Waals surface area contributed by atoms with Gasteiger partial charge in [-0.15, -0.1) is 0 Å². The van der Waals surface area contributed by atoms with Gasteiger partial charge in [-0.25, -0.2) is 0 Å². The first-order chi connectivity index (χ1) is 4.72. The summed E-state index contributed by atoms with van der Waals surface area (Å²) in [5, 5.41) is 0. The number of hydrogen-bond donors (Lipinski definition) is 0. The Balaban J connectivity index is 2.55. The van der Waals surface area contributed by atoms with Crippen LogP contribution in [0.25, 0.3) is 0 Å². The quantitative estimate of drug-likeness (QED) is 0.502. The van der Waals surface area contributed by atoms with E-state index in [9.17, 15) is 4.79 Å². The maximum absolute atomic E-state index is 11.2. The second kappa shape index (κ2) is 3.15. The van der Waals surface area contributed by atoms with Crippen molar-refractivity contribution in [3.8, 4) is 0 Å². The Morgan fingerprint density at radius 1 is 1.50 bits per heavy atom. The zero-order valence-corrected chi connectivity index (χ0v) is 6.76. The fourth-order valence-electron chi connectivity index (χ4n) is 1.31. The highest BCUT2D eigenvalue weighted by atomic mass is 16.1. The number of likely N-dealkylation sites (tertiary alicyclic amines) is 1. The van der Waals surface area contributed by atoms with Crippen molar-refractivity contribution in [3.05, 3.63) is 0 Å². The smallest absolute Gasteiger partial charge is 0.149 e. The molecule has 10 heavy (non-hydrogen) atoms. The highest BCUT2D eigenvalue weighted by molar-refractivity contribution is 5.83. The zero-order valence-electron chi connectivity index (χ0n) is 6.76. The molecule has 58 valence electrons. The van der Waals surface area contributed by atoms with E-state index in [-0.39, 0.29) is 6.04 Å². The predicted molar refractivity (Wildman–Crippen MR) is 41.0 cm³/mol. The Morgan fingerprint density at radius 3 is 2.90 bits per heavy atom. The summed E-state index contributed by atoms with van der Waals surface area (Å²) in [5.74, 6) is 0.403. The largest absolute Gasteiger partial charge is 0.298 e. The highest BCUT2D eigenvalue weighted by Crippen LogP contribution is 2.10. The first-order valence-electron chi connectivity index (χ1n) is 3.95. The van der Waals surface area contributed by atoms with Gasteiger partial charge in [-0.1, -0.05) is 0 Å². The second-order valence-electron chi connectivity index (χ2n) is 3.08. The molecule has 1 unspecified atom stereocenters. The molecule has 0 radical (unpaired) electrons. The summed E-state index contributed by atoms with van der Waals surface area (Å²) in [5.41, 5.74) is 0. The molecule has 0 aromatic carbocycles. The molecule has 0 bridgehead atoms. The van der Waals surface area contributed by atoms with Gasteiger partial charge in [-0.05, 0) is 33.4 Å². The van der Waals surface area contributed by atoms with E-state index in [0.29, 0.717) is 5.78 Å². The molecule has 1 heterocycles. The third-order valence-electron chi connectivity index (χ3n) is 2.31. The average molecular weight is 141 g/mol. The Labute approximate surface area is 62.2 Å². The number of hydrogen-bond acceptors (Lipinski definition) is 2. The van der Waals surface area contributed by atoms with Crippen LogP contribution in [0.15, 0.2) is 0 Å². The number of ketones is 1. The van der Waals surface area contributed by atoms with Gasteiger partial charge in [-0.3, -0.25) is 9.69 Å². The molecule has 1 atom stereocenters. The Morgan fingerprint density at radius 2 is 2.20 bits per heavy atom. The molecule has 0 N–H and O–H groups in total. The summed E-state index contributed by atoms with van der Waals surface area (Å²) >= 11 is 0. The summed E-state index contributed by atoms with van der Waals surface area (Å²) in [6.45, 7) is 3.07. The van der Waals surface area contributed by atoms with Gasteiger partial charge in [0, 0.05) is 6.42 Å². The van der Waals surface area contributed by atoms with Crippen LogP contribution in [0, 0.1) is 0 Å². The monoisotopic (exact) mass is 141 g/mol. The molecule has 1 aliphatic heterocycles. The van der Waals surface area contributed by atoms with Gasteiger partial charge in [0.15, 0.2) is 0 Å². The van der Waals surface area contributed by atoms with Gasteiger partial charge in [-0.2, -0.15) is 0 Å². The first-order valence-corrected chi connectivity index (χ1v) is 3.95. The summed E-state index contributed by atoms with van der Waals surface area (Å²) in [4.78, 5) is 13.3. The van der Waals surface area contributed by atoms with Crippen LogP contribution >= 0.6 is 0 Å². The number of Topliss-reactive ketones (excluding diaryl/α,β-unsaturated/α-hetero) is 1. The number of nitrogens with zero attached hydrogens (tertiary/aromatic N) is 1. The van der Waals surface area contributed by atoms with Crippen molar-refractivity contribution >= 4 is 5.78 Å². The summed E-state index contributed by atoms with van der Waals surface area (Å²) < 4.78 is 0. The first kappa shape index (κ1) is 7.73. The summed E-state index contributed by atoms with van der Waals surface area (Å²) in [6, 6.07) is 0.155. The topological polar surface area (TPSA) is 20.3 Å². The minimum atomic E-state index is 0.155. The van der Waals surface area contributed by atoms with E-state index in [1.807, 2.05) is 14.0 Å². The lowest BCUT2D eigenvalue weighted by molar-refractivity contribution is -0.122. The van der Waals surface area contributed by atoms with E-state index >= 15 is 0 Å². The van der Waals surface area contributed by atoms with Gasteiger partial charge in [0.25, 0.3) is 0 Å². The van der Waals surface area contributed by atoms with Crippen LogP contribution in [0.1, 0.15) is 26.2 Å². The van der Waals surface area contributed by atoms with Gasteiger partial charge in [0.1, 0.15) is 5.78 Å². The Kier molecular flexibility index (Phi) is 2.44. The fourth-order valence-corrected chi connectivity index (χ4v) is 1.31. The van der Waals surface area contributed by atoms with Crippen LogP contribution < -0.4 is 0 Å². The van der Waals surface area contributed by atoms with Crippen molar-refractivity contribution in [2.45, 2.75) is 32.2 Å². The molecule has 1 fully saturated rings. The van der Waals surface area contributed by atoms with Crippen molar-refractivity contribution in [1.29, 1.82) is 0 Å². The number of carbonyl (C=O) groups is 1. The summed E-state index contributed by atoms with van der Waals surface area (Å²) in [7, 11) is 2.02. The van der Waals surface area contributed by atoms with Crippen molar-refractivity contribution in [2.75, 3.05) is 13.6 Å². The maximum atomic E-state index is 11.2.